The summed E-state index contributed by atoms with van der Waals surface area (Å²) in [6.45, 7) is 2.13. The van der Waals surface area contributed by atoms with E-state index in [0.29, 0.717) is 17.7 Å². The zero-order chi connectivity index (χ0) is 11.4. The van der Waals surface area contributed by atoms with Gasteiger partial charge >= 0.3 is 0 Å². The topological polar surface area (TPSA) is 56.3 Å². The fraction of sp³-hybridized carbons (Fsp3) is 0.636. The lowest BCUT2D eigenvalue weighted by Gasteiger charge is -2.09. The molecule has 1 fully saturated rings. The quantitative estimate of drug-likeness (QED) is 0.812. The van der Waals surface area contributed by atoms with Crippen LogP contribution in [0.5, 0.6) is 11.8 Å². The molecule has 5 heteroatoms. The molecule has 16 heavy (non-hydrogen) atoms. The second-order valence-corrected chi connectivity index (χ2v) is 3.93. The monoisotopic (exact) mass is 223 g/mol. The van der Waals surface area contributed by atoms with Gasteiger partial charge in [-0.3, -0.25) is 0 Å². The Morgan fingerprint density at radius 1 is 1.31 bits per heavy atom. The molecular formula is C11H17N3O2. The van der Waals surface area contributed by atoms with Crippen LogP contribution in [0.1, 0.15) is 12.2 Å². The van der Waals surface area contributed by atoms with Gasteiger partial charge in [0.1, 0.15) is 5.82 Å². The van der Waals surface area contributed by atoms with Crippen LogP contribution in [0.4, 0.5) is 0 Å². The van der Waals surface area contributed by atoms with Crippen molar-refractivity contribution < 1.29 is 9.47 Å². The minimum absolute atomic E-state index is 0.563. The Balaban J connectivity index is 2.12. The summed E-state index contributed by atoms with van der Waals surface area (Å²) in [5, 5.41) is 3.33. The van der Waals surface area contributed by atoms with Crippen LogP contribution in [-0.2, 0) is 6.42 Å². The fourth-order valence-electron chi connectivity index (χ4n) is 1.90. The Labute approximate surface area is 95.2 Å². The van der Waals surface area contributed by atoms with Gasteiger partial charge in [-0.15, -0.1) is 0 Å². The molecule has 2 heterocycles. The van der Waals surface area contributed by atoms with Gasteiger partial charge in [0, 0.05) is 6.42 Å². The molecule has 1 N–H and O–H groups in total. The first-order valence-electron chi connectivity index (χ1n) is 5.48. The molecule has 1 saturated heterocycles. The van der Waals surface area contributed by atoms with E-state index < -0.39 is 0 Å². The van der Waals surface area contributed by atoms with E-state index in [9.17, 15) is 0 Å². The molecule has 1 aliphatic heterocycles. The Hall–Kier alpha value is -1.36. The summed E-state index contributed by atoms with van der Waals surface area (Å²) in [7, 11) is 3.20. The van der Waals surface area contributed by atoms with Crippen molar-refractivity contribution in [1.82, 2.24) is 15.3 Å². The Bertz CT molecular complexity index is 329. The summed E-state index contributed by atoms with van der Waals surface area (Å²) >= 11 is 0. The van der Waals surface area contributed by atoms with Crippen molar-refractivity contribution >= 4 is 0 Å². The highest BCUT2D eigenvalue weighted by Gasteiger charge is 2.17. The number of methoxy groups -OCH3 is 2. The summed E-state index contributed by atoms with van der Waals surface area (Å²) in [6, 6.07) is 1.69. The maximum atomic E-state index is 5.12. The highest BCUT2D eigenvalue weighted by Crippen LogP contribution is 2.18. The van der Waals surface area contributed by atoms with Gasteiger partial charge in [0.2, 0.25) is 11.8 Å². The lowest BCUT2D eigenvalue weighted by molar-refractivity contribution is 0.366. The molecule has 0 aliphatic carbocycles. The summed E-state index contributed by atoms with van der Waals surface area (Å²) in [5.41, 5.74) is 0. The molecule has 88 valence electrons. The minimum atomic E-state index is 0.563. The summed E-state index contributed by atoms with van der Waals surface area (Å²) in [5.74, 6) is 2.54. The smallest absolute Gasteiger partial charge is 0.220 e. The molecule has 2 rings (SSSR count). The van der Waals surface area contributed by atoms with Gasteiger partial charge in [0.25, 0.3) is 0 Å². The van der Waals surface area contributed by atoms with Crippen molar-refractivity contribution in [2.45, 2.75) is 12.8 Å². The molecule has 0 bridgehead atoms. The van der Waals surface area contributed by atoms with Crippen molar-refractivity contribution in [3.05, 3.63) is 11.9 Å². The van der Waals surface area contributed by atoms with E-state index in [0.717, 1.165) is 25.3 Å². The second kappa shape index (κ2) is 5.12. The molecule has 0 radical (unpaired) electrons. The van der Waals surface area contributed by atoms with Crippen LogP contribution in [-0.4, -0.2) is 37.3 Å². The van der Waals surface area contributed by atoms with E-state index >= 15 is 0 Å². The number of nitrogens with zero attached hydrogens (tertiary/aromatic N) is 2. The molecule has 0 aromatic carbocycles. The predicted molar refractivity (Wildman–Crippen MR) is 59.8 cm³/mol. The molecular weight excluding hydrogens is 206 g/mol. The lowest BCUT2D eigenvalue weighted by Crippen LogP contribution is -2.12. The number of nitrogens with one attached hydrogen (secondary N) is 1. The van der Waals surface area contributed by atoms with Gasteiger partial charge in [0.15, 0.2) is 0 Å². The molecule has 0 amide bonds. The number of hydrogen-bond acceptors (Lipinski definition) is 5. The SMILES string of the molecule is COc1cc(OC)nc(CC2CCNC2)n1. The summed E-state index contributed by atoms with van der Waals surface area (Å²) in [4.78, 5) is 8.64. The van der Waals surface area contributed by atoms with E-state index in [-0.39, 0.29) is 0 Å². The van der Waals surface area contributed by atoms with Crippen molar-refractivity contribution in [3.8, 4) is 11.8 Å². The van der Waals surface area contributed by atoms with Crippen LogP contribution in [0.2, 0.25) is 0 Å². The van der Waals surface area contributed by atoms with E-state index in [1.807, 2.05) is 0 Å². The van der Waals surface area contributed by atoms with Gasteiger partial charge in [-0.1, -0.05) is 0 Å². The standard InChI is InChI=1S/C11H17N3O2/c1-15-10-6-11(16-2)14-9(13-10)5-8-3-4-12-7-8/h6,8,12H,3-5,7H2,1-2H3. The average Bonchev–Trinajstić information content (AvgIpc) is 2.81. The molecule has 0 saturated carbocycles. The number of hydrogen-bond donors (Lipinski definition) is 1. The van der Waals surface area contributed by atoms with Gasteiger partial charge in [0.05, 0.1) is 20.3 Å². The first-order chi connectivity index (χ1) is 7.81. The first kappa shape index (κ1) is 11.1. The van der Waals surface area contributed by atoms with Crippen molar-refractivity contribution in [2.75, 3.05) is 27.3 Å². The third-order valence-corrected chi connectivity index (χ3v) is 2.78. The van der Waals surface area contributed by atoms with E-state index in [4.69, 9.17) is 9.47 Å². The summed E-state index contributed by atoms with van der Waals surface area (Å²) < 4.78 is 10.2. The van der Waals surface area contributed by atoms with Crippen LogP contribution < -0.4 is 14.8 Å². The fourth-order valence-corrected chi connectivity index (χ4v) is 1.90. The number of aromatic nitrogens is 2. The van der Waals surface area contributed by atoms with Crippen molar-refractivity contribution in [2.24, 2.45) is 5.92 Å². The van der Waals surface area contributed by atoms with Gasteiger partial charge in [-0.05, 0) is 25.4 Å². The van der Waals surface area contributed by atoms with Gasteiger partial charge in [-0.2, -0.15) is 9.97 Å². The molecule has 1 aromatic heterocycles. The van der Waals surface area contributed by atoms with E-state index in [1.165, 1.54) is 6.42 Å². The largest absolute Gasteiger partial charge is 0.481 e. The summed E-state index contributed by atoms with van der Waals surface area (Å²) in [6.07, 6.45) is 2.06. The average molecular weight is 223 g/mol. The molecule has 5 nitrogen and oxygen atoms in total. The third kappa shape index (κ3) is 2.61. The number of ether oxygens (including phenoxy) is 2. The van der Waals surface area contributed by atoms with Crippen molar-refractivity contribution in [3.63, 3.8) is 0 Å². The molecule has 1 unspecified atom stereocenters. The second-order valence-electron chi connectivity index (χ2n) is 3.93. The first-order valence-corrected chi connectivity index (χ1v) is 5.48. The molecule has 0 spiro atoms. The Morgan fingerprint density at radius 3 is 2.50 bits per heavy atom. The highest BCUT2D eigenvalue weighted by molar-refractivity contribution is 5.21. The predicted octanol–water partition coefficient (Wildman–Crippen LogP) is 0.646. The van der Waals surface area contributed by atoms with Crippen LogP contribution in [0.3, 0.4) is 0 Å². The lowest BCUT2D eigenvalue weighted by atomic mass is 10.0. The van der Waals surface area contributed by atoms with E-state index in [2.05, 4.69) is 15.3 Å². The van der Waals surface area contributed by atoms with Crippen LogP contribution in [0.15, 0.2) is 6.07 Å². The van der Waals surface area contributed by atoms with E-state index in [1.54, 1.807) is 20.3 Å². The Morgan fingerprint density at radius 2 is 2.00 bits per heavy atom. The molecule has 1 atom stereocenters. The maximum Gasteiger partial charge on any atom is 0.220 e. The Kier molecular flexibility index (Phi) is 3.56. The van der Waals surface area contributed by atoms with Crippen molar-refractivity contribution in [1.29, 1.82) is 0 Å². The minimum Gasteiger partial charge on any atom is -0.481 e. The maximum absolute atomic E-state index is 5.12. The van der Waals surface area contributed by atoms with Gasteiger partial charge in [-0.25, -0.2) is 0 Å². The third-order valence-electron chi connectivity index (χ3n) is 2.78. The number of rotatable bonds is 4. The van der Waals surface area contributed by atoms with Gasteiger partial charge < -0.3 is 14.8 Å². The highest BCUT2D eigenvalue weighted by atomic mass is 16.5. The zero-order valence-electron chi connectivity index (χ0n) is 9.69. The van der Waals surface area contributed by atoms with Crippen LogP contribution in [0, 0.1) is 5.92 Å². The van der Waals surface area contributed by atoms with Crippen LogP contribution in [0.25, 0.3) is 0 Å². The molecule has 1 aliphatic rings. The normalized spacial score (nSPS) is 19.8. The van der Waals surface area contributed by atoms with Crippen LogP contribution >= 0.6 is 0 Å². The zero-order valence-corrected chi connectivity index (χ0v) is 9.69. The molecule has 1 aromatic rings.